The van der Waals surface area contributed by atoms with Gasteiger partial charge in [0.25, 0.3) is 0 Å². The summed E-state index contributed by atoms with van der Waals surface area (Å²) in [5.41, 5.74) is 15.0. The molecule has 0 heterocycles. The Balaban J connectivity index is 1.03. The third kappa shape index (κ3) is 9.41. The van der Waals surface area contributed by atoms with Gasteiger partial charge >= 0.3 is 0 Å². The zero-order chi connectivity index (χ0) is 40.4. The number of nitrogens with zero attached hydrogens (tertiary/aromatic N) is 3. The molecule has 0 aliphatic heterocycles. The minimum atomic E-state index is 0.460. The lowest BCUT2D eigenvalue weighted by Gasteiger charge is -2.26. The molecule has 0 fully saturated rings. The molecule has 7 aromatic rings. The summed E-state index contributed by atoms with van der Waals surface area (Å²) >= 11 is 0. The van der Waals surface area contributed by atoms with E-state index in [1.165, 1.54) is 17.3 Å². The lowest BCUT2D eigenvalue weighted by molar-refractivity contribution is 0.866. The molecule has 0 aliphatic rings. The quantitative estimate of drug-likeness (QED) is 0.0942. The number of hydrogen-bond acceptors (Lipinski definition) is 4. The number of nitrogens with one attached hydrogen (secondary N) is 1. The monoisotopic (exact) mass is 752 g/mol. The minimum absolute atomic E-state index is 0.460. The summed E-state index contributed by atoms with van der Waals surface area (Å²) in [5, 5.41) is 17.0. The Labute approximate surface area is 343 Å². The van der Waals surface area contributed by atoms with Gasteiger partial charge in [-0.25, -0.2) is 0 Å². The second kappa shape index (κ2) is 18.2. The Hall–Kier alpha value is -7.22. The van der Waals surface area contributed by atoms with Crippen LogP contribution >= 0.6 is 0 Å². The van der Waals surface area contributed by atoms with Gasteiger partial charge in [0.05, 0.1) is 11.6 Å². The molecule has 0 saturated heterocycles. The Morgan fingerprint density at radius 2 is 0.621 bits per heavy atom. The highest BCUT2D eigenvalue weighted by Crippen LogP contribution is 2.37. The molecule has 1 N–H and O–H groups in total. The van der Waals surface area contributed by atoms with Crippen LogP contribution in [0.25, 0.3) is 24.3 Å². The van der Waals surface area contributed by atoms with E-state index >= 15 is 0 Å². The smallest absolute Gasteiger partial charge is 0.0991 e. The number of hydrogen-bond donors (Lipinski definition) is 1. The van der Waals surface area contributed by atoms with E-state index in [1.54, 1.807) is 0 Å². The maximum absolute atomic E-state index is 9.35. The van der Waals surface area contributed by atoms with E-state index in [0.717, 1.165) is 61.9 Å². The first-order valence-corrected chi connectivity index (χ1v) is 19.9. The van der Waals surface area contributed by atoms with Crippen molar-refractivity contribution in [3.8, 4) is 6.07 Å². The normalized spacial score (nSPS) is 11.3. The van der Waals surface area contributed by atoms with Gasteiger partial charge in [0.1, 0.15) is 0 Å². The van der Waals surface area contributed by atoms with E-state index < -0.39 is 0 Å². The molecule has 7 rings (SSSR count). The summed E-state index contributed by atoms with van der Waals surface area (Å²) < 4.78 is 0. The first-order chi connectivity index (χ1) is 28.3. The van der Waals surface area contributed by atoms with Gasteiger partial charge < -0.3 is 15.2 Å². The fourth-order valence-electron chi connectivity index (χ4n) is 6.89. The van der Waals surface area contributed by atoms with Crippen molar-refractivity contribution in [2.75, 3.05) is 9.80 Å². The zero-order valence-electron chi connectivity index (χ0n) is 33.5. The Bertz CT molecular complexity index is 2520. The van der Waals surface area contributed by atoms with Crippen LogP contribution in [0, 0.1) is 16.7 Å². The van der Waals surface area contributed by atoms with Crippen LogP contribution in [-0.4, -0.2) is 6.21 Å². The first kappa shape index (κ1) is 39.0. The Morgan fingerprint density at radius 1 is 0.379 bits per heavy atom. The highest BCUT2D eigenvalue weighted by Gasteiger charge is 2.15. The van der Waals surface area contributed by atoms with E-state index in [0.29, 0.717) is 17.4 Å². The molecule has 0 atom stereocenters. The molecular weight excluding hydrogens is 705 g/mol. The summed E-state index contributed by atoms with van der Waals surface area (Å²) in [7, 11) is 0. The molecule has 0 aromatic heterocycles. The molecule has 0 saturated carbocycles. The second-order valence-electron chi connectivity index (χ2n) is 15.1. The van der Waals surface area contributed by atoms with Gasteiger partial charge in [-0.15, -0.1) is 0 Å². The van der Waals surface area contributed by atoms with Crippen LogP contribution in [0.3, 0.4) is 0 Å². The van der Waals surface area contributed by atoms with Crippen molar-refractivity contribution >= 4 is 64.6 Å². The molecule has 0 amide bonds. The lowest BCUT2D eigenvalue weighted by Crippen LogP contribution is -2.10. The molecule has 0 unspecified atom stereocenters. The molecule has 284 valence electrons. The zero-order valence-corrected chi connectivity index (χ0v) is 33.5. The summed E-state index contributed by atoms with van der Waals surface area (Å²) in [6.07, 6.45) is 9.96. The van der Waals surface area contributed by atoms with Crippen LogP contribution in [0.15, 0.2) is 170 Å². The fourth-order valence-corrected chi connectivity index (χ4v) is 6.89. The predicted molar refractivity (Wildman–Crippen MR) is 247 cm³/mol. The van der Waals surface area contributed by atoms with Crippen molar-refractivity contribution < 1.29 is 0 Å². The second-order valence-corrected chi connectivity index (χ2v) is 15.1. The van der Waals surface area contributed by atoms with Crippen LogP contribution in [0.4, 0.5) is 34.1 Å². The average Bonchev–Trinajstić information content (AvgIpc) is 3.27. The summed E-state index contributed by atoms with van der Waals surface area (Å²) in [6, 6.07) is 61.4. The largest absolute Gasteiger partial charge is 0.311 e. The van der Waals surface area contributed by atoms with Gasteiger partial charge in [-0.2, -0.15) is 5.26 Å². The van der Waals surface area contributed by atoms with E-state index in [9.17, 15) is 5.26 Å². The van der Waals surface area contributed by atoms with E-state index in [4.69, 9.17) is 5.41 Å². The summed E-state index contributed by atoms with van der Waals surface area (Å²) in [5.74, 6) is 0.928. The molecule has 7 aromatic carbocycles. The van der Waals surface area contributed by atoms with Crippen LogP contribution < -0.4 is 9.80 Å². The molecule has 0 spiro atoms. The molecule has 4 nitrogen and oxygen atoms in total. The van der Waals surface area contributed by atoms with Crippen molar-refractivity contribution in [3.05, 3.63) is 214 Å². The van der Waals surface area contributed by atoms with Gasteiger partial charge in [0.15, 0.2) is 0 Å². The van der Waals surface area contributed by atoms with Crippen molar-refractivity contribution in [1.29, 1.82) is 10.7 Å². The topological polar surface area (TPSA) is 54.1 Å². The molecule has 0 aliphatic carbocycles. The van der Waals surface area contributed by atoms with Gasteiger partial charge in [0.2, 0.25) is 0 Å². The third-order valence-electron chi connectivity index (χ3n) is 10.4. The number of nitriles is 1. The number of benzene rings is 7. The van der Waals surface area contributed by atoms with Gasteiger partial charge in [-0.1, -0.05) is 137 Å². The first-order valence-electron chi connectivity index (χ1n) is 19.9. The number of anilines is 6. The van der Waals surface area contributed by atoms with Crippen molar-refractivity contribution in [1.82, 2.24) is 0 Å². The van der Waals surface area contributed by atoms with Gasteiger partial charge in [0, 0.05) is 40.3 Å². The van der Waals surface area contributed by atoms with Crippen LogP contribution in [0.1, 0.15) is 84.0 Å². The van der Waals surface area contributed by atoms with Crippen molar-refractivity contribution in [3.63, 3.8) is 0 Å². The minimum Gasteiger partial charge on any atom is -0.311 e. The molecule has 0 radical (unpaired) electrons. The standard InChI is InChI=1S/C54H48N4/c1-39(2)47-21-33-53(34-22-47)57(51-29-17-45(37-55)18-30-51)49-25-13-43(14-26-49)11-9-41-5-7-42(8-6-41)10-12-44-15-27-50(28-16-44)58(52-31-19-46(38-56)20-32-52)54-35-23-48(24-36-54)40(3)4/h5-37,39-40,55H,1-4H3/b11-9+,12-10+,55-37?. The SMILES string of the molecule is CC(C)c1ccc(N(c2ccc(C#N)cc2)c2ccc(/C=C/c3ccc(/C=C/c4ccc(N(c5ccc(C=N)cc5)c5ccc(C(C)C)cc5)cc4)cc3)cc2)cc1. The Kier molecular flexibility index (Phi) is 12.2. The van der Waals surface area contributed by atoms with Crippen molar-refractivity contribution in [2.24, 2.45) is 0 Å². The highest BCUT2D eigenvalue weighted by atomic mass is 15.1. The third-order valence-corrected chi connectivity index (χ3v) is 10.4. The highest BCUT2D eigenvalue weighted by molar-refractivity contribution is 5.82. The van der Waals surface area contributed by atoms with Gasteiger partial charge in [-0.05, 0) is 136 Å². The predicted octanol–water partition coefficient (Wildman–Crippen LogP) is 15.1. The van der Waals surface area contributed by atoms with Crippen LogP contribution in [-0.2, 0) is 0 Å². The van der Waals surface area contributed by atoms with Crippen LogP contribution in [0.5, 0.6) is 0 Å². The lowest BCUT2D eigenvalue weighted by atomic mass is 10.0. The average molecular weight is 753 g/mol. The number of rotatable bonds is 13. The van der Waals surface area contributed by atoms with Gasteiger partial charge in [-0.3, -0.25) is 0 Å². The van der Waals surface area contributed by atoms with Crippen LogP contribution in [0.2, 0.25) is 0 Å². The maximum Gasteiger partial charge on any atom is 0.0991 e. The van der Waals surface area contributed by atoms with E-state index in [1.807, 2.05) is 36.4 Å². The maximum atomic E-state index is 9.35. The molecular formula is C54H48N4. The summed E-state index contributed by atoms with van der Waals surface area (Å²) in [6.45, 7) is 8.84. The summed E-state index contributed by atoms with van der Waals surface area (Å²) in [4.78, 5) is 4.48. The molecule has 4 heteroatoms. The van der Waals surface area contributed by atoms with Crippen molar-refractivity contribution in [2.45, 2.75) is 39.5 Å². The fraction of sp³-hybridized carbons (Fsp3) is 0.111. The van der Waals surface area contributed by atoms with E-state index in [2.05, 4.69) is 201 Å². The van der Waals surface area contributed by atoms with E-state index in [-0.39, 0.29) is 0 Å². The molecule has 0 bridgehead atoms. The molecule has 58 heavy (non-hydrogen) atoms. The Morgan fingerprint density at radius 3 is 0.879 bits per heavy atom.